The summed E-state index contributed by atoms with van der Waals surface area (Å²) < 4.78 is 17.0. The summed E-state index contributed by atoms with van der Waals surface area (Å²) in [4.78, 5) is 13.9. The Morgan fingerprint density at radius 2 is 1.86 bits per heavy atom. The normalized spacial score (nSPS) is 20.5. The van der Waals surface area contributed by atoms with Gasteiger partial charge in [-0.15, -0.1) is 0 Å². The molecule has 1 saturated heterocycles. The van der Waals surface area contributed by atoms with Crippen molar-refractivity contribution in [2.45, 2.75) is 56.7 Å². The topological polar surface area (TPSA) is 90.2 Å². The SMILES string of the molecule is COC1CCC(c2cc(Cc3nccc(-c4ccc(OC5CCOCC5)c(C#N)c4)n3)ccn2)C1. The fourth-order valence-electron chi connectivity index (χ4n) is 4.93. The molecule has 3 heterocycles. The molecule has 1 saturated carbocycles. The van der Waals surface area contributed by atoms with Crippen LogP contribution in [0.15, 0.2) is 48.8 Å². The molecular weight excluding hydrogens is 440 g/mol. The number of hydrogen-bond donors (Lipinski definition) is 0. The molecule has 1 aromatic carbocycles. The number of ether oxygens (including phenoxy) is 3. The molecule has 2 unspecified atom stereocenters. The van der Waals surface area contributed by atoms with E-state index >= 15 is 0 Å². The van der Waals surface area contributed by atoms with E-state index in [4.69, 9.17) is 19.2 Å². The summed E-state index contributed by atoms with van der Waals surface area (Å²) in [6.45, 7) is 1.39. The van der Waals surface area contributed by atoms with Gasteiger partial charge in [0.1, 0.15) is 23.7 Å². The average Bonchev–Trinajstić information content (AvgIpc) is 3.39. The molecule has 5 rings (SSSR count). The lowest BCUT2D eigenvalue weighted by atomic mass is 10.0. The molecule has 0 amide bonds. The molecule has 180 valence electrons. The van der Waals surface area contributed by atoms with Crippen LogP contribution in [0.3, 0.4) is 0 Å². The molecule has 0 spiro atoms. The van der Waals surface area contributed by atoms with E-state index in [-0.39, 0.29) is 6.10 Å². The first-order chi connectivity index (χ1) is 17.2. The number of rotatable bonds is 7. The van der Waals surface area contributed by atoms with Crippen molar-refractivity contribution in [3.05, 3.63) is 71.4 Å². The number of hydrogen-bond acceptors (Lipinski definition) is 7. The van der Waals surface area contributed by atoms with Gasteiger partial charge in [-0.05, 0) is 61.2 Å². The van der Waals surface area contributed by atoms with E-state index in [0.717, 1.165) is 60.4 Å². The first kappa shape index (κ1) is 23.4. The summed E-state index contributed by atoms with van der Waals surface area (Å²) >= 11 is 0. The monoisotopic (exact) mass is 470 g/mol. The van der Waals surface area contributed by atoms with Gasteiger partial charge in [-0.1, -0.05) is 0 Å². The fourth-order valence-corrected chi connectivity index (χ4v) is 4.93. The van der Waals surface area contributed by atoms with Crippen LogP contribution in [0.5, 0.6) is 5.75 Å². The maximum absolute atomic E-state index is 9.72. The van der Waals surface area contributed by atoms with Crippen molar-refractivity contribution in [2.24, 2.45) is 0 Å². The van der Waals surface area contributed by atoms with Gasteiger partial charge in [0.05, 0.1) is 30.6 Å². The van der Waals surface area contributed by atoms with Crippen LogP contribution in [-0.4, -0.2) is 47.5 Å². The first-order valence-corrected chi connectivity index (χ1v) is 12.3. The summed E-state index contributed by atoms with van der Waals surface area (Å²) in [7, 11) is 1.79. The van der Waals surface area contributed by atoms with Gasteiger partial charge in [0.25, 0.3) is 0 Å². The Morgan fingerprint density at radius 1 is 1.00 bits per heavy atom. The molecule has 2 atom stereocenters. The molecule has 2 fully saturated rings. The van der Waals surface area contributed by atoms with Gasteiger partial charge in [-0.2, -0.15) is 5.26 Å². The zero-order valence-corrected chi connectivity index (χ0v) is 20.0. The molecule has 1 aliphatic heterocycles. The van der Waals surface area contributed by atoms with E-state index in [0.29, 0.717) is 43.0 Å². The Kier molecular flexibility index (Phi) is 7.31. The molecule has 1 aliphatic carbocycles. The van der Waals surface area contributed by atoms with Crippen LogP contribution >= 0.6 is 0 Å². The third kappa shape index (κ3) is 5.67. The van der Waals surface area contributed by atoms with Crippen LogP contribution in [0.2, 0.25) is 0 Å². The Labute approximate surface area is 206 Å². The fraction of sp³-hybridized carbons (Fsp3) is 0.429. The van der Waals surface area contributed by atoms with E-state index in [9.17, 15) is 5.26 Å². The number of methoxy groups -OCH3 is 1. The maximum atomic E-state index is 9.72. The van der Waals surface area contributed by atoms with E-state index in [1.54, 1.807) is 13.3 Å². The van der Waals surface area contributed by atoms with Gasteiger partial charge < -0.3 is 14.2 Å². The summed E-state index contributed by atoms with van der Waals surface area (Å²) in [5.41, 5.74) is 4.44. The molecule has 0 radical (unpaired) electrons. The molecule has 7 nitrogen and oxygen atoms in total. The minimum absolute atomic E-state index is 0.0854. The second-order valence-electron chi connectivity index (χ2n) is 9.24. The third-order valence-electron chi connectivity index (χ3n) is 6.91. The van der Waals surface area contributed by atoms with Crippen molar-refractivity contribution >= 4 is 0 Å². The number of pyridine rings is 1. The van der Waals surface area contributed by atoms with Crippen LogP contribution in [0.1, 0.15) is 60.7 Å². The van der Waals surface area contributed by atoms with Crippen LogP contribution in [0.25, 0.3) is 11.3 Å². The van der Waals surface area contributed by atoms with Gasteiger partial charge in [-0.3, -0.25) is 4.98 Å². The highest BCUT2D eigenvalue weighted by molar-refractivity contribution is 5.64. The number of nitrogens with zero attached hydrogens (tertiary/aromatic N) is 4. The Hall–Kier alpha value is -3.34. The van der Waals surface area contributed by atoms with Gasteiger partial charge in [-0.25, -0.2) is 9.97 Å². The van der Waals surface area contributed by atoms with E-state index in [2.05, 4.69) is 22.1 Å². The molecule has 35 heavy (non-hydrogen) atoms. The third-order valence-corrected chi connectivity index (χ3v) is 6.91. The Morgan fingerprint density at radius 3 is 2.66 bits per heavy atom. The van der Waals surface area contributed by atoms with Gasteiger partial charge in [0.15, 0.2) is 0 Å². The van der Waals surface area contributed by atoms with Crippen molar-refractivity contribution in [1.29, 1.82) is 5.26 Å². The van der Waals surface area contributed by atoms with Gasteiger partial charge >= 0.3 is 0 Å². The van der Waals surface area contributed by atoms with E-state index < -0.39 is 0 Å². The van der Waals surface area contributed by atoms with Gasteiger partial charge in [0.2, 0.25) is 0 Å². The predicted molar refractivity (Wildman–Crippen MR) is 131 cm³/mol. The van der Waals surface area contributed by atoms with Crippen LogP contribution in [0.4, 0.5) is 0 Å². The molecule has 3 aromatic rings. The van der Waals surface area contributed by atoms with Crippen molar-refractivity contribution in [1.82, 2.24) is 15.0 Å². The summed E-state index contributed by atoms with van der Waals surface area (Å²) in [6.07, 6.45) is 9.59. The first-order valence-electron chi connectivity index (χ1n) is 12.3. The number of aromatic nitrogens is 3. The minimum atomic E-state index is 0.0854. The maximum Gasteiger partial charge on any atom is 0.137 e. The second kappa shape index (κ2) is 10.9. The zero-order valence-electron chi connectivity index (χ0n) is 20.0. The Balaban J connectivity index is 1.31. The summed E-state index contributed by atoms with van der Waals surface area (Å²) in [5.74, 6) is 1.80. The summed E-state index contributed by atoms with van der Waals surface area (Å²) in [6, 6.07) is 14.0. The number of benzene rings is 1. The Bertz CT molecular complexity index is 1200. The van der Waals surface area contributed by atoms with Crippen LogP contribution < -0.4 is 4.74 Å². The lowest BCUT2D eigenvalue weighted by molar-refractivity contribution is 0.0254. The highest BCUT2D eigenvalue weighted by Gasteiger charge is 2.26. The molecule has 7 heteroatoms. The highest BCUT2D eigenvalue weighted by atomic mass is 16.5. The minimum Gasteiger partial charge on any atom is -0.489 e. The summed E-state index contributed by atoms with van der Waals surface area (Å²) in [5, 5.41) is 9.72. The van der Waals surface area contributed by atoms with Crippen molar-refractivity contribution in [3.63, 3.8) is 0 Å². The van der Waals surface area contributed by atoms with Crippen molar-refractivity contribution in [2.75, 3.05) is 20.3 Å². The molecule has 2 aliphatic rings. The predicted octanol–water partition coefficient (Wildman–Crippen LogP) is 4.84. The van der Waals surface area contributed by atoms with Crippen molar-refractivity contribution in [3.8, 4) is 23.1 Å². The van der Waals surface area contributed by atoms with Gasteiger partial charge in [0, 0.05) is 55.9 Å². The van der Waals surface area contributed by atoms with E-state index in [1.165, 1.54) is 0 Å². The highest BCUT2D eigenvalue weighted by Crippen LogP contribution is 2.35. The van der Waals surface area contributed by atoms with Crippen LogP contribution in [0, 0.1) is 11.3 Å². The molecular formula is C28H30N4O3. The largest absolute Gasteiger partial charge is 0.489 e. The molecule has 0 bridgehead atoms. The number of nitriles is 1. The average molecular weight is 471 g/mol. The van der Waals surface area contributed by atoms with Crippen molar-refractivity contribution < 1.29 is 14.2 Å². The lowest BCUT2D eigenvalue weighted by Crippen LogP contribution is -2.26. The quantitative estimate of drug-likeness (QED) is 0.488. The zero-order chi connectivity index (χ0) is 24.0. The standard InChI is InChI=1S/C28H30N4O3/c1-33-24-4-2-21(17-24)26-14-19(6-10-30-26)15-28-31-11-7-25(32-28)20-3-5-27(22(16-20)18-29)35-23-8-12-34-13-9-23/h3,5-7,10-11,14,16,21,23-24H,2,4,8-9,12-13,15,17H2,1H3. The van der Waals surface area contributed by atoms with Crippen LogP contribution in [-0.2, 0) is 15.9 Å². The second-order valence-corrected chi connectivity index (χ2v) is 9.24. The molecule has 2 aromatic heterocycles. The lowest BCUT2D eigenvalue weighted by Gasteiger charge is -2.23. The van der Waals surface area contributed by atoms with E-state index in [1.807, 2.05) is 36.5 Å². The molecule has 0 N–H and O–H groups in total. The smallest absolute Gasteiger partial charge is 0.137 e.